The topological polar surface area (TPSA) is 68.0 Å². The molecule has 0 spiro atoms. The third kappa shape index (κ3) is 2.84. The van der Waals surface area contributed by atoms with E-state index in [1.165, 1.54) is 41.3 Å². The van der Waals surface area contributed by atoms with Crippen molar-refractivity contribution in [3.8, 4) is 0 Å². The van der Waals surface area contributed by atoms with Crippen LogP contribution < -0.4 is 5.32 Å². The van der Waals surface area contributed by atoms with E-state index in [1.807, 2.05) is 6.26 Å². The molecule has 0 aliphatic carbocycles. The van der Waals surface area contributed by atoms with Crippen molar-refractivity contribution >= 4 is 45.0 Å². The molecule has 0 atom stereocenters. The van der Waals surface area contributed by atoms with Crippen LogP contribution in [0, 0.1) is 12.7 Å². The van der Waals surface area contributed by atoms with E-state index in [0.717, 1.165) is 4.34 Å². The molecule has 0 fully saturated rings. The summed E-state index contributed by atoms with van der Waals surface area (Å²) in [7, 11) is 0. The third-order valence-corrected chi connectivity index (χ3v) is 4.99. The third-order valence-electron chi connectivity index (χ3n) is 3.13. The first kappa shape index (κ1) is 15.0. The smallest absolute Gasteiger partial charge is 0.217 e. The zero-order chi connectivity index (χ0) is 15.7. The first-order valence-corrected chi connectivity index (χ1v) is 8.46. The maximum absolute atomic E-state index is 13.3. The van der Waals surface area contributed by atoms with Gasteiger partial charge in [0, 0.05) is 10.9 Å². The number of hydrogen-bond donors (Lipinski definition) is 1. The summed E-state index contributed by atoms with van der Waals surface area (Å²) in [6.45, 7) is 1.79. The van der Waals surface area contributed by atoms with E-state index >= 15 is 0 Å². The van der Waals surface area contributed by atoms with Crippen LogP contribution >= 0.6 is 23.1 Å². The molecule has 22 heavy (non-hydrogen) atoms. The van der Waals surface area contributed by atoms with Crippen LogP contribution in [0.5, 0.6) is 0 Å². The van der Waals surface area contributed by atoms with E-state index in [9.17, 15) is 9.18 Å². The van der Waals surface area contributed by atoms with Gasteiger partial charge in [-0.15, -0.1) is 10.2 Å². The summed E-state index contributed by atoms with van der Waals surface area (Å²) in [5.41, 5.74) is 1.14. The molecule has 5 nitrogen and oxygen atoms in total. The number of aromatic nitrogens is 2. The van der Waals surface area contributed by atoms with Crippen LogP contribution in [0.3, 0.4) is 0 Å². The number of nitrogens with zero attached hydrogens (tertiary/aromatic N) is 2. The first-order chi connectivity index (χ1) is 10.6. The molecule has 0 aliphatic rings. The fourth-order valence-electron chi connectivity index (χ4n) is 2.06. The monoisotopic (exact) mass is 337 g/mol. The number of rotatable bonds is 5. The lowest BCUT2D eigenvalue weighted by Crippen LogP contribution is -2.14. The van der Waals surface area contributed by atoms with Crippen LogP contribution in [-0.4, -0.2) is 28.8 Å². The number of benzene rings is 1. The second-order valence-corrected chi connectivity index (χ2v) is 6.58. The molecule has 114 valence electrons. The fourth-order valence-corrected chi connectivity index (χ4v) is 3.22. The second-order valence-electron chi connectivity index (χ2n) is 4.55. The minimum absolute atomic E-state index is 0.0478. The van der Waals surface area contributed by atoms with Gasteiger partial charge in [-0.2, -0.15) is 0 Å². The number of furan rings is 1. The lowest BCUT2D eigenvalue weighted by atomic mass is 10.1. The number of thioether (sulfide) groups is 1. The molecule has 0 bridgehead atoms. The number of ketones is 1. The molecule has 1 aromatic carbocycles. The summed E-state index contributed by atoms with van der Waals surface area (Å²) in [6.07, 6.45) is 1.91. The van der Waals surface area contributed by atoms with E-state index in [2.05, 4.69) is 15.5 Å². The van der Waals surface area contributed by atoms with Crippen molar-refractivity contribution in [2.75, 3.05) is 18.1 Å². The van der Waals surface area contributed by atoms with Gasteiger partial charge >= 0.3 is 0 Å². The van der Waals surface area contributed by atoms with E-state index in [4.69, 9.17) is 4.42 Å². The zero-order valence-electron chi connectivity index (χ0n) is 11.8. The van der Waals surface area contributed by atoms with E-state index < -0.39 is 0 Å². The fraction of sp³-hybridized carbons (Fsp3) is 0.214. The van der Waals surface area contributed by atoms with Crippen LogP contribution in [0.1, 0.15) is 16.1 Å². The van der Waals surface area contributed by atoms with Crippen LogP contribution in [0.4, 0.5) is 9.52 Å². The quantitative estimate of drug-likeness (QED) is 0.565. The Hall–Kier alpha value is -1.93. The van der Waals surface area contributed by atoms with Gasteiger partial charge in [0.15, 0.2) is 10.1 Å². The molecular formula is C14H12FN3O2S2. The Kier molecular flexibility index (Phi) is 4.12. The molecule has 0 aliphatic heterocycles. The first-order valence-electron chi connectivity index (χ1n) is 6.41. The van der Waals surface area contributed by atoms with Gasteiger partial charge in [0.05, 0.1) is 6.54 Å². The van der Waals surface area contributed by atoms with Crippen LogP contribution in [0.25, 0.3) is 11.0 Å². The summed E-state index contributed by atoms with van der Waals surface area (Å²) in [5.74, 6) is -0.329. The van der Waals surface area contributed by atoms with Gasteiger partial charge in [-0.3, -0.25) is 4.79 Å². The highest BCUT2D eigenvalue weighted by Gasteiger charge is 2.18. The van der Waals surface area contributed by atoms with Crippen molar-refractivity contribution in [3.63, 3.8) is 0 Å². The summed E-state index contributed by atoms with van der Waals surface area (Å²) in [5, 5.41) is 12.0. The van der Waals surface area contributed by atoms with Crippen molar-refractivity contribution in [2.24, 2.45) is 0 Å². The van der Waals surface area contributed by atoms with Crippen molar-refractivity contribution in [1.82, 2.24) is 10.2 Å². The number of Topliss-reactive ketones (excluding diaryl/α,β-unsaturated/α-hetero) is 1. The molecule has 3 rings (SSSR count). The zero-order valence-corrected chi connectivity index (χ0v) is 13.5. The average Bonchev–Trinajstić information content (AvgIpc) is 3.10. The average molecular weight is 337 g/mol. The molecule has 1 N–H and O–H groups in total. The molecule has 2 heterocycles. The summed E-state index contributed by atoms with van der Waals surface area (Å²) in [4.78, 5) is 12.3. The number of fused-ring (bicyclic) bond motifs is 1. The lowest BCUT2D eigenvalue weighted by Gasteiger charge is -1.99. The van der Waals surface area contributed by atoms with Crippen molar-refractivity contribution < 1.29 is 13.6 Å². The summed E-state index contributed by atoms with van der Waals surface area (Å²) in [6, 6.07) is 4.20. The Bertz CT molecular complexity index is 844. The molecule has 8 heteroatoms. The number of carbonyl (C=O) groups excluding carboxylic acids is 1. The number of nitrogens with one attached hydrogen (secondary N) is 1. The Balaban J connectivity index is 1.78. The Morgan fingerprint density at radius 1 is 1.45 bits per heavy atom. The van der Waals surface area contributed by atoms with Gasteiger partial charge < -0.3 is 9.73 Å². The lowest BCUT2D eigenvalue weighted by molar-refractivity contribution is 0.0981. The van der Waals surface area contributed by atoms with E-state index in [-0.39, 0.29) is 23.9 Å². The van der Waals surface area contributed by atoms with Gasteiger partial charge in [0.1, 0.15) is 11.4 Å². The van der Waals surface area contributed by atoms with Crippen LogP contribution in [0.15, 0.2) is 27.0 Å². The van der Waals surface area contributed by atoms with E-state index in [1.54, 1.807) is 6.92 Å². The molecule has 3 aromatic rings. The molecule has 2 aromatic heterocycles. The van der Waals surface area contributed by atoms with E-state index in [0.29, 0.717) is 21.7 Å². The van der Waals surface area contributed by atoms with Gasteiger partial charge in [0.25, 0.3) is 0 Å². The summed E-state index contributed by atoms with van der Waals surface area (Å²) >= 11 is 2.87. The number of aryl methyl sites for hydroxylation is 1. The van der Waals surface area contributed by atoms with Gasteiger partial charge in [-0.05, 0) is 31.4 Å². The van der Waals surface area contributed by atoms with Gasteiger partial charge in [-0.1, -0.05) is 23.1 Å². The molecule has 0 saturated carbocycles. The van der Waals surface area contributed by atoms with Crippen molar-refractivity contribution in [2.45, 2.75) is 11.3 Å². The number of anilines is 1. The van der Waals surface area contributed by atoms with Crippen molar-refractivity contribution in [3.05, 3.63) is 35.3 Å². The molecule has 0 radical (unpaired) electrons. The van der Waals surface area contributed by atoms with Crippen molar-refractivity contribution in [1.29, 1.82) is 0 Å². The molecule has 0 amide bonds. The minimum atomic E-state index is -0.355. The van der Waals surface area contributed by atoms with Crippen LogP contribution in [0.2, 0.25) is 0 Å². The maximum Gasteiger partial charge on any atom is 0.217 e. The van der Waals surface area contributed by atoms with Gasteiger partial charge in [0.2, 0.25) is 10.9 Å². The molecule has 0 saturated heterocycles. The highest BCUT2D eigenvalue weighted by atomic mass is 32.2. The number of hydrogen-bond acceptors (Lipinski definition) is 7. The number of carbonyl (C=O) groups is 1. The SMILES string of the molecule is CSc1nnc(NCC(=O)c2oc3ccc(F)cc3c2C)s1. The highest BCUT2D eigenvalue weighted by Crippen LogP contribution is 2.27. The normalized spacial score (nSPS) is 11.0. The molecular weight excluding hydrogens is 325 g/mol. The van der Waals surface area contributed by atoms with Crippen LogP contribution in [-0.2, 0) is 0 Å². The largest absolute Gasteiger partial charge is 0.453 e. The summed E-state index contributed by atoms with van der Waals surface area (Å²) < 4.78 is 19.6. The Morgan fingerprint density at radius 3 is 3.00 bits per heavy atom. The Labute approximate surface area is 133 Å². The predicted molar refractivity (Wildman–Crippen MR) is 85.4 cm³/mol. The minimum Gasteiger partial charge on any atom is -0.453 e. The second kappa shape index (κ2) is 6.05. The Morgan fingerprint density at radius 2 is 2.27 bits per heavy atom. The standard InChI is InChI=1S/C14H12FN3O2S2/c1-7-9-5-8(15)3-4-11(9)20-12(7)10(19)6-16-13-17-18-14(21-2)22-13/h3-5H,6H2,1-2H3,(H,16,17). The molecule has 0 unspecified atom stereocenters. The highest BCUT2D eigenvalue weighted by molar-refractivity contribution is 8.00. The number of halogens is 1. The van der Waals surface area contributed by atoms with Gasteiger partial charge in [-0.25, -0.2) is 4.39 Å². The predicted octanol–water partition coefficient (Wildman–Crippen LogP) is 3.75. The maximum atomic E-state index is 13.3.